The van der Waals surface area contributed by atoms with Gasteiger partial charge in [0.15, 0.2) is 5.13 Å². The first-order valence-corrected chi connectivity index (χ1v) is 8.60. The fourth-order valence-corrected chi connectivity index (χ4v) is 3.65. The Balaban J connectivity index is 1.90. The van der Waals surface area contributed by atoms with Gasteiger partial charge in [-0.3, -0.25) is 10.1 Å². The molecule has 21 heavy (non-hydrogen) atoms. The molecule has 0 unspecified atom stereocenters. The SMILES string of the molecule is CSc1cccc2sc(NC(=O)c3cccc(Cl)c3)nc12. The Morgan fingerprint density at radius 2 is 2.10 bits per heavy atom. The minimum atomic E-state index is -0.206. The molecule has 0 saturated carbocycles. The average molecular weight is 335 g/mol. The monoisotopic (exact) mass is 334 g/mol. The number of anilines is 1. The first-order chi connectivity index (χ1) is 10.2. The van der Waals surface area contributed by atoms with E-state index in [2.05, 4.69) is 10.3 Å². The Kier molecular flexibility index (Phi) is 4.14. The topological polar surface area (TPSA) is 42.0 Å². The Morgan fingerprint density at radius 1 is 1.29 bits per heavy atom. The summed E-state index contributed by atoms with van der Waals surface area (Å²) in [5, 5.41) is 3.96. The van der Waals surface area contributed by atoms with E-state index in [1.165, 1.54) is 11.3 Å². The summed E-state index contributed by atoms with van der Waals surface area (Å²) in [6, 6.07) is 12.9. The van der Waals surface area contributed by atoms with Crippen LogP contribution in [0.15, 0.2) is 47.4 Å². The van der Waals surface area contributed by atoms with E-state index in [1.807, 2.05) is 24.5 Å². The van der Waals surface area contributed by atoms with E-state index in [0.717, 1.165) is 15.1 Å². The number of para-hydroxylation sites is 1. The van der Waals surface area contributed by atoms with Gasteiger partial charge in [-0.25, -0.2) is 4.98 Å². The summed E-state index contributed by atoms with van der Waals surface area (Å²) in [6.07, 6.45) is 2.01. The van der Waals surface area contributed by atoms with E-state index in [0.29, 0.717) is 15.7 Å². The number of benzene rings is 2. The highest BCUT2D eigenvalue weighted by Crippen LogP contribution is 2.32. The molecule has 3 aromatic rings. The van der Waals surface area contributed by atoms with Gasteiger partial charge in [0.05, 0.1) is 10.2 Å². The van der Waals surface area contributed by atoms with E-state index in [9.17, 15) is 4.79 Å². The van der Waals surface area contributed by atoms with Crippen LogP contribution in [0.1, 0.15) is 10.4 Å². The number of fused-ring (bicyclic) bond motifs is 1. The molecule has 0 bridgehead atoms. The lowest BCUT2D eigenvalue weighted by atomic mass is 10.2. The number of thiazole rings is 1. The zero-order chi connectivity index (χ0) is 14.8. The molecule has 1 heterocycles. The van der Waals surface area contributed by atoms with Crippen molar-refractivity contribution in [2.45, 2.75) is 4.90 Å². The number of nitrogens with zero attached hydrogens (tertiary/aromatic N) is 1. The summed E-state index contributed by atoms with van der Waals surface area (Å²) >= 11 is 9.01. The van der Waals surface area contributed by atoms with Gasteiger partial charge in [0.1, 0.15) is 0 Å². The quantitative estimate of drug-likeness (QED) is 0.691. The van der Waals surface area contributed by atoms with Gasteiger partial charge in [0.2, 0.25) is 0 Å². The van der Waals surface area contributed by atoms with E-state index >= 15 is 0 Å². The van der Waals surface area contributed by atoms with Crippen LogP contribution in [0.25, 0.3) is 10.2 Å². The molecule has 1 aromatic heterocycles. The maximum absolute atomic E-state index is 12.2. The first kappa shape index (κ1) is 14.4. The van der Waals surface area contributed by atoms with Crippen molar-refractivity contribution in [1.82, 2.24) is 4.98 Å². The molecule has 0 atom stereocenters. The number of rotatable bonds is 3. The minimum absolute atomic E-state index is 0.206. The molecular formula is C15H11ClN2OS2. The molecule has 3 nitrogen and oxygen atoms in total. The van der Waals surface area contributed by atoms with Crippen molar-refractivity contribution in [3.05, 3.63) is 53.1 Å². The zero-order valence-electron chi connectivity index (χ0n) is 11.1. The molecule has 0 fully saturated rings. The smallest absolute Gasteiger partial charge is 0.257 e. The van der Waals surface area contributed by atoms with Crippen LogP contribution in [0.2, 0.25) is 5.02 Å². The highest BCUT2D eigenvalue weighted by Gasteiger charge is 2.11. The third kappa shape index (κ3) is 3.05. The lowest BCUT2D eigenvalue weighted by molar-refractivity contribution is 0.102. The zero-order valence-corrected chi connectivity index (χ0v) is 13.5. The van der Waals surface area contributed by atoms with Gasteiger partial charge in [-0.15, -0.1) is 11.8 Å². The molecule has 0 saturated heterocycles. The van der Waals surface area contributed by atoms with E-state index in [4.69, 9.17) is 11.6 Å². The summed E-state index contributed by atoms with van der Waals surface area (Å²) in [6.45, 7) is 0. The van der Waals surface area contributed by atoms with Crippen molar-refractivity contribution < 1.29 is 4.79 Å². The Morgan fingerprint density at radius 3 is 2.86 bits per heavy atom. The molecule has 6 heteroatoms. The van der Waals surface area contributed by atoms with E-state index in [1.54, 1.807) is 36.0 Å². The molecule has 1 N–H and O–H groups in total. The lowest BCUT2D eigenvalue weighted by Gasteiger charge is -2.01. The second-order valence-electron chi connectivity index (χ2n) is 4.29. The molecule has 0 radical (unpaired) electrons. The standard InChI is InChI=1S/C15H11ClN2OS2/c1-20-11-6-3-7-12-13(11)17-15(21-12)18-14(19)9-4-2-5-10(16)8-9/h2-8H,1H3,(H,17,18,19). The molecule has 0 aliphatic rings. The predicted molar refractivity (Wildman–Crippen MR) is 90.8 cm³/mol. The van der Waals surface area contributed by atoms with Crippen molar-refractivity contribution in [3.8, 4) is 0 Å². The fraction of sp³-hybridized carbons (Fsp3) is 0.0667. The van der Waals surface area contributed by atoms with Crippen LogP contribution >= 0.6 is 34.7 Å². The van der Waals surface area contributed by atoms with E-state index < -0.39 is 0 Å². The molecule has 1 amide bonds. The van der Waals surface area contributed by atoms with Crippen LogP contribution in [0.5, 0.6) is 0 Å². The maximum Gasteiger partial charge on any atom is 0.257 e. The highest BCUT2D eigenvalue weighted by molar-refractivity contribution is 7.98. The van der Waals surface area contributed by atoms with Gasteiger partial charge in [0, 0.05) is 15.5 Å². The Labute approximate surface area is 135 Å². The summed E-state index contributed by atoms with van der Waals surface area (Å²) in [4.78, 5) is 17.8. The number of thioether (sulfide) groups is 1. The third-order valence-electron chi connectivity index (χ3n) is 2.91. The first-order valence-electron chi connectivity index (χ1n) is 6.18. The molecule has 3 rings (SSSR count). The van der Waals surface area contributed by atoms with Gasteiger partial charge in [-0.1, -0.05) is 35.1 Å². The summed E-state index contributed by atoms with van der Waals surface area (Å²) in [5.41, 5.74) is 1.45. The van der Waals surface area contributed by atoms with Gasteiger partial charge in [0.25, 0.3) is 5.91 Å². The van der Waals surface area contributed by atoms with Crippen LogP contribution in [-0.4, -0.2) is 17.1 Å². The molecule has 0 spiro atoms. The number of carbonyl (C=O) groups excluding carboxylic acids is 1. The minimum Gasteiger partial charge on any atom is -0.298 e. The van der Waals surface area contributed by atoms with Crippen LogP contribution in [0.3, 0.4) is 0 Å². The number of hydrogen-bond donors (Lipinski definition) is 1. The summed E-state index contributed by atoms with van der Waals surface area (Å²) in [5.74, 6) is -0.206. The molecule has 106 valence electrons. The average Bonchev–Trinajstić information content (AvgIpc) is 2.89. The van der Waals surface area contributed by atoms with Crippen molar-refractivity contribution in [2.24, 2.45) is 0 Å². The number of carbonyl (C=O) groups is 1. The maximum atomic E-state index is 12.2. The predicted octanol–water partition coefficient (Wildman–Crippen LogP) is 4.92. The highest BCUT2D eigenvalue weighted by atomic mass is 35.5. The Bertz CT molecular complexity index is 816. The fourth-order valence-electron chi connectivity index (χ4n) is 1.94. The molecule has 0 aliphatic carbocycles. The van der Waals surface area contributed by atoms with Crippen LogP contribution in [0.4, 0.5) is 5.13 Å². The van der Waals surface area contributed by atoms with Gasteiger partial charge >= 0.3 is 0 Å². The van der Waals surface area contributed by atoms with Crippen molar-refractivity contribution >= 4 is 56.0 Å². The second-order valence-corrected chi connectivity index (χ2v) is 6.61. The lowest BCUT2D eigenvalue weighted by Crippen LogP contribution is -2.11. The van der Waals surface area contributed by atoms with Crippen molar-refractivity contribution in [1.29, 1.82) is 0 Å². The van der Waals surface area contributed by atoms with Crippen LogP contribution in [0, 0.1) is 0 Å². The molecule has 2 aromatic carbocycles. The van der Waals surface area contributed by atoms with Crippen molar-refractivity contribution in [2.75, 3.05) is 11.6 Å². The number of aromatic nitrogens is 1. The number of nitrogens with one attached hydrogen (secondary N) is 1. The summed E-state index contributed by atoms with van der Waals surface area (Å²) < 4.78 is 1.06. The van der Waals surface area contributed by atoms with Gasteiger partial charge in [-0.05, 0) is 36.6 Å². The van der Waals surface area contributed by atoms with Crippen molar-refractivity contribution in [3.63, 3.8) is 0 Å². The molecule has 0 aliphatic heterocycles. The molecular weight excluding hydrogens is 324 g/mol. The largest absolute Gasteiger partial charge is 0.298 e. The third-order valence-corrected chi connectivity index (χ3v) is 4.85. The number of halogens is 1. The van der Waals surface area contributed by atoms with Gasteiger partial charge in [-0.2, -0.15) is 0 Å². The van der Waals surface area contributed by atoms with Crippen LogP contribution < -0.4 is 5.32 Å². The van der Waals surface area contributed by atoms with E-state index in [-0.39, 0.29) is 5.91 Å². The van der Waals surface area contributed by atoms with Crippen LogP contribution in [-0.2, 0) is 0 Å². The number of amides is 1. The number of hydrogen-bond acceptors (Lipinski definition) is 4. The Hall–Kier alpha value is -1.56. The normalized spacial score (nSPS) is 10.8. The summed E-state index contributed by atoms with van der Waals surface area (Å²) in [7, 11) is 0. The van der Waals surface area contributed by atoms with Gasteiger partial charge < -0.3 is 0 Å². The second kappa shape index (κ2) is 6.05.